The number of ether oxygens (including phenoxy) is 2. The van der Waals surface area contributed by atoms with Crippen molar-refractivity contribution < 1.29 is 9.47 Å². The van der Waals surface area contributed by atoms with E-state index in [1.165, 1.54) is 19.3 Å². The zero-order chi connectivity index (χ0) is 8.23. The minimum atomic E-state index is 0.402. The van der Waals surface area contributed by atoms with Gasteiger partial charge in [0, 0.05) is 13.2 Å². The topological polar surface area (TPSA) is 30.5 Å². The van der Waals surface area contributed by atoms with Crippen molar-refractivity contribution in [1.82, 2.24) is 5.32 Å². The van der Waals surface area contributed by atoms with E-state index in [4.69, 9.17) is 9.47 Å². The van der Waals surface area contributed by atoms with Gasteiger partial charge in [0.1, 0.15) is 0 Å². The molecule has 0 aromatic carbocycles. The molecule has 2 aliphatic rings. The van der Waals surface area contributed by atoms with Gasteiger partial charge in [0.05, 0.1) is 25.4 Å². The molecular weight excluding hydrogens is 154 g/mol. The van der Waals surface area contributed by atoms with Crippen molar-refractivity contribution in [3.8, 4) is 0 Å². The van der Waals surface area contributed by atoms with Crippen molar-refractivity contribution in [1.29, 1.82) is 0 Å². The molecule has 2 atom stereocenters. The van der Waals surface area contributed by atoms with Gasteiger partial charge < -0.3 is 14.8 Å². The first kappa shape index (κ1) is 8.48. The first-order valence-electron chi connectivity index (χ1n) is 4.89. The van der Waals surface area contributed by atoms with Crippen LogP contribution in [0.1, 0.15) is 19.3 Å². The average Bonchev–Trinajstić information content (AvgIpc) is 2.21. The van der Waals surface area contributed by atoms with Crippen molar-refractivity contribution in [3.63, 3.8) is 0 Å². The number of rotatable bonds is 1. The number of hydrogen-bond donors (Lipinski definition) is 1. The zero-order valence-electron chi connectivity index (χ0n) is 7.42. The second-order valence-electron chi connectivity index (χ2n) is 3.54. The SMILES string of the molecule is C1CCC(C2COCCN2)OC1. The lowest BCUT2D eigenvalue weighted by molar-refractivity contribution is -0.0450. The largest absolute Gasteiger partial charge is 0.378 e. The van der Waals surface area contributed by atoms with Crippen LogP contribution in [-0.2, 0) is 9.47 Å². The van der Waals surface area contributed by atoms with Gasteiger partial charge >= 0.3 is 0 Å². The summed E-state index contributed by atoms with van der Waals surface area (Å²) < 4.78 is 11.1. The summed E-state index contributed by atoms with van der Waals surface area (Å²) in [6.45, 7) is 3.58. The molecule has 0 aliphatic carbocycles. The van der Waals surface area contributed by atoms with Gasteiger partial charge in [-0.1, -0.05) is 0 Å². The number of hydrogen-bond acceptors (Lipinski definition) is 3. The Labute approximate surface area is 73.4 Å². The van der Waals surface area contributed by atoms with Crippen LogP contribution in [0.4, 0.5) is 0 Å². The van der Waals surface area contributed by atoms with E-state index < -0.39 is 0 Å². The number of nitrogens with one attached hydrogen (secondary N) is 1. The Morgan fingerprint density at radius 1 is 1.17 bits per heavy atom. The highest BCUT2D eigenvalue weighted by Crippen LogP contribution is 2.16. The molecule has 2 saturated heterocycles. The molecule has 0 aromatic rings. The van der Waals surface area contributed by atoms with Gasteiger partial charge in [-0.2, -0.15) is 0 Å². The molecule has 2 rings (SSSR count). The van der Waals surface area contributed by atoms with Crippen LogP contribution in [0.5, 0.6) is 0 Å². The van der Waals surface area contributed by atoms with Gasteiger partial charge in [0.2, 0.25) is 0 Å². The summed E-state index contributed by atoms with van der Waals surface area (Å²) in [7, 11) is 0. The quantitative estimate of drug-likeness (QED) is 0.624. The third-order valence-electron chi connectivity index (χ3n) is 2.61. The van der Waals surface area contributed by atoms with E-state index in [-0.39, 0.29) is 0 Å². The van der Waals surface area contributed by atoms with Gasteiger partial charge in [-0.25, -0.2) is 0 Å². The first-order valence-corrected chi connectivity index (χ1v) is 4.89. The van der Waals surface area contributed by atoms with E-state index in [9.17, 15) is 0 Å². The molecule has 0 spiro atoms. The van der Waals surface area contributed by atoms with Crippen LogP contribution in [0.25, 0.3) is 0 Å². The Bertz CT molecular complexity index is 112. The smallest absolute Gasteiger partial charge is 0.0750 e. The summed E-state index contributed by atoms with van der Waals surface area (Å²) >= 11 is 0. The van der Waals surface area contributed by atoms with Crippen LogP contribution in [0.15, 0.2) is 0 Å². The minimum absolute atomic E-state index is 0.402. The fourth-order valence-electron chi connectivity index (χ4n) is 1.91. The molecule has 2 heterocycles. The van der Waals surface area contributed by atoms with E-state index in [0.717, 1.165) is 26.4 Å². The van der Waals surface area contributed by atoms with Gasteiger partial charge in [-0.3, -0.25) is 0 Å². The average molecular weight is 171 g/mol. The Morgan fingerprint density at radius 2 is 2.17 bits per heavy atom. The van der Waals surface area contributed by atoms with Gasteiger partial charge in [-0.15, -0.1) is 0 Å². The maximum Gasteiger partial charge on any atom is 0.0750 e. The Hall–Kier alpha value is -0.120. The molecule has 3 nitrogen and oxygen atoms in total. The number of morpholine rings is 1. The van der Waals surface area contributed by atoms with E-state index in [1.54, 1.807) is 0 Å². The summed E-state index contributed by atoms with van der Waals surface area (Å²) in [6, 6.07) is 0.444. The molecule has 1 N–H and O–H groups in total. The molecule has 2 unspecified atom stereocenters. The highest BCUT2D eigenvalue weighted by Gasteiger charge is 2.25. The van der Waals surface area contributed by atoms with Crippen molar-refractivity contribution in [2.45, 2.75) is 31.4 Å². The van der Waals surface area contributed by atoms with Crippen LogP contribution < -0.4 is 5.32 Å². The molecule has 2 fully saturated rings. The van der Waals surface area contributed by atoms with Crippen LogP contribution in [0, 0.1) is 0 Å². The standard InChI is InChI=1S/C9H17NO2/c1-2-5-12-9(3-1)8-7-11-6-4-10-8/h8-10H,1-7H2. The van der Waals surface area contributed by atoms with E-state index >= 15 is 0 Å². The predicted octanol–water partition coefficient (Wildman–Crippen LogP) is 0.544. The summed E-state index contributed by atoms with van der Waals surface area (Å²) in [5, 5.41) is 3.44. The summed E-state index contributed by atoms with van der Waals surface area (Å²) in [5.74, 6) is 0. The maximum absolute atomic E-state index is 5.67. The normalized spacial score (nSPS) is 38.0. The van der Waals surface area contributed by atoms with Crippen molar-refractivity contribution in [3.05, 3.63) is 0 Å². The zero-order valence-corrected chi connectivity index (χ0v) is 7.42. The molecule has 2 aliphatic heterocycles. The monoisotopic (exact) mass is 171 g/mol. The summed E-state index contributed by atoms with van der Waals surface area (Å²) in [6.07, 6.45) is 4.13. The van der Waals surface area contributed by atoms with Crippen LogP contribution in [-0.4, -0.2) is 38.5 Å². The molecule has 0 bridgehead atoms. The Morgan fingerprint density at radius 3 is 2.83 bits per heavy atom. The van der Waals surface area contributed by atoms with Crippen LogP contribution in [0.2, 0.25) is 0 Å². The Balaban J connectivity index is 1.80. The Kier molecular flexibility index (Phi) is 2.98. The summed E-state index contributed by atoms with van der Waals surface area (Å²) in [5.41, 5.74) is 0. The van der Waals surface area contributed by atoms with Gasteiger partial charge in [-0.05, 0) is 19.3 Å². The second-order valence-corrected chi connectivity index (χ2v) is 3.54. The van der Waals surface area contributed by atoms with Crippen LogP contribution >= 0.6 is 0 Å². The van der Waals surface area contributed by atoms with Crippen molar-refractivity contribution in [2.24, 2.45) is 0 Å². The maximum atomic E-state index is 5.67. The first-order chi connectivity index (χ1) is 5.97. The predicted molar refractivity (Wildman–Crippen MR) is 46.2 cm³/mol. The third kappa shape index (κ3) is 1.97. The molecule has 0 amide bonds. The molecule has 70 valence electrons. The van der Waals surface area contributed by atoms with E-state index in [2.05, 4.69) is 5.32 Å². The van der Waals surface area contributed by atoms with E-state index in [0.29, 0.717) is 12.1 Å². The molecular formula is C9H17NO2. The lowest BCUT2D eigenvalue weighted by Crippen LogP contribution is -2.50. The molecule has 0 radical (unpaired) electrons. The minimum Gasteiger partial charge on any atom is -0.378 e. The highest BCUT2D eigenvalue weighted by molar-refractivity contribution is 4.81. The molecule has 0 saturated carbocycles. The second kappa shape index (κ2) is 4.21. The van der Waals surface area contributed by atoms with Crippen molar-refractivity contribution in [2.75, 3.05) is 26.4 Å². The third-order valence-corrected chi connectivity index (χ3v) is 2.61. The molecule has 3 heteroatoms. The lowest BCUT2D eigenvalue weighted by Gasteiger charge is -2.33. The lowest BCUT2D eigenvalue weighted by atomic mass is 10.0. The summed E-state index contributed by atoms with van der Waals surface area (Å²) in [4.78, 5) is 0. The molecule has 0 aromatic heterocycles. The van der Waals surface area contributed by atoms with Gasteiger partial charge in [0.25, 0.3) is 0 Å². The van der Waals surface area contributed by atoms with Crippen LogP contribution in [0.3, 0.4) is 0 Å². The fraction of sp³-hybridized carbons (Fsp3) is 1.00. The highest BCUT2D eigenvalue weighted by atomic mass is 16.5. The van der Waals surface area contributed by atoms with Crippen molar-refractivity contribution >= 4 is 0 Å². The van der Waals surface area contributed by atoms with Gasteiger partial charge in [0.15, 0.2) is 0 Å². The van der Waals surface area contributed by atoms with E-state index in [1.807, 2.05) is 0 Å². The molecule has 12 heavy (non-hydrogen) atoms. The fourth-order valence-corrected chi connectivity index (χ4v) is 1.91.